The number of aryl methyl sites for hydroxylation is 1. The highest BCUT2D eigenvalue weighted by atomic mass is 35.5. The van der Waals surface area contributed by atoms with Crippen LogP contribution in [0.25, 0.3) is 10.9 Å². The fourth-order valence-corrected chi connectivity index (χ4v) is 2.41. The molecule has 0 saturated carbocycles. The fourth-order valence-electron chi connectivity index (χ4n) is 2.21. The summed E-state index contributed by atoms with van der Waals surface area (Å²) in [6.45, 7) is 2.89. The van der Waals surface area contributed by atoms with Crippen LogP contribution in [0.15, 0.2) is 24.3 Å². The number of carbonyl (C=O) groups excluding carboxylic acids is 1. The molecule has 21 heavy (non-hydrogen) atoms. The second-order valence-corrected chi connectivity index (χ2v) is 5.85. The fraction of sp³-hybridized carbons (Fsp3) is 0.375. The van der Waals surface area contributed by atoms with Crippen LogP contribution in [-0.2, 0) is 11.3 Å². The van der Waals surface area contributed by atoms with Crippen LogP contribution in [0.5, 0.6) is 0 Å². The largest absolute Gasteiger partial charge is 0.348 e. The third kappa shape index (κ3) is 3.52. The molecule has 0 N–H and O–H groups in total. The predicted molar refractivity (Wildman–Crippen MR) is 86.5 cm³/mol. The van der Waals surface area contributed by atoms with Crippen LogP contribution in [0.4, 0.5) is 0 Å². The van der Waals surface area contributed by atoms with Crippen molar-refractivity contribution in [3.63, 3.8) is 0 Å². The van der Waals surface area contributed by atoms with E-state index in [2.05, 4.69) is 4.98 Å². The summed E-state index contributed by atoms with van der Waals surface area (Å²) in [4.78, 5) is 19.9. The molecule has 1 aromatic carbocycles. The highest BCUT2D eigenvalue weighted by Crippen LogP contribution is 2.27. The van der Waals surface area contributed by atoms with Crippen molar-refractivity contribution in [1.82, 2.24) is 14.8 Å². The van der Waals surface area contributed by atoms with Crippen molar-refractivity contribution in [2.45, 2.75) is 13.5 Å². The molecule has 0 aliphatic carbocycles. The third-order valence-electron chi connectivity index (χ3n) is 3.47. The maximum atomic E-state index is 11.7. The first-order valence-corrected chi connectivity index (χ1v) is 7.20. The number of fused-ring (bicyclic) bond motifs is 1. The summed E-state index contributed by atoms with van der Waals surface area (Å²) in [5, 5.41) is 1.75. The van der Waals surface area contributed by atoms with Gasteiger partial charge in [-0.05, 0) is 25.6 Å². The summed E-state index contributed by atoms with van der Waals surface area (Å²) < 4.78 is 0. The molecule has 2 aromatic rings. The van der Waals surface area contributed by atoms with E-state index in [9.17, 15) is 4.79 Å². The number of hydrogen-bond donors (Lipinski definition) is 0. The Bertz CT molecular complexity index is 670. The molecule has 2 rings (SSSR count). The maximum absolute atomic E-state index is 11.7. The summed E-state index contributed by atoms with van der Waals surface area (Å²) in [5.41, 5.74) is 2.77. The number of amides is 1. The minimum atomic E-state index is 0.0612. The van der Waals surface area contributed by atoms with Gasteiger partial charge in [0.1, 0.15) is 0 Å². The number of nitrogens with zero attached hydrogens (tertiary/aromatic N) is 3. The van der Waals surface area contributed by atoms with Crippen LogP contribution in [-0.4, -0.2) is 48.4 Å². The third-order valence-corrected chi connectivity index (χ3v) is 3.97. The van der Waals surface area contributed by atoms with Gasteiger partial charge >= 0.3 is 0 Å². The van der Waals surface area contributed by atoms with E-state index in [1.807, 2.05) is 43.1 Å². The molecular weight excluding hydrogens is 286 g/mol. The van der Waals surface area contributed by atoms with Gasteiger partial charge in [0.05, 0.1) is 22.8 Å². The Morgan fingerprint density at radius 1 is 1.24 bits per heavy atom. The molecule has 0 unspecified atom stereocenters. The number of aromatic nitrogens is 1. The summed E-state index contributed by atoms with van der Waals surface area (Å²) in [5.74, 6) is 0.0612. The number of rotatable bonds is 4. The minimum Gasteiger partial charge on any atom is -0.348 e. The van der Waals surface area contributed by atoms with Crippen molar-refractivity contribution in [2.75, 3.05) is 27.7 Å². The van der Waals surface area contributed by atoms with E-state index in [0.717, 1.165) is 22.2 Å². The van der Waals surface area contributed by atoms with Crippen molar-refractivity contribution in [1.29, 1.82) is 0 Å². The number of pyridine rings is 1. The molecule has 5 heteroatoms. The number of carbonyl (C=O) groups is 1. The zero-order valence-corrected chi connectivity index (χ0v) is 13.6. The standard InChI is InChI=1S/C16H20ClN3O/c1-11-12-7-5-6-8-13(12)18-14(16(11)17)9-20(4)10-15(21)19(2)3/h5-8H,9-10H2,1-4H3. The molecule has 0 atom stereocenters. The molecule has 4 nitrogen and oxygen atoms in total. The van der Waals surface area contributed by atoms with Gasteiger partial charge in [0, 0.05) is 26.0 Å². The Labute approximate surface area is 130 Å². The lowest BCUT2D eigenvalue weighted by Gasteiger charge is -2.20. The molecule has 1 amide bonds. The van der Waals surface area contributed by atoms with Crippen molar-refractivity contribution >= 4 is 28.4 Å². The first kappa shape index (κ1) is 15.7. The van der Waals surface area contributed by atoms with Gasteiger partial charge in [0.15, 0.2) is 0 Å². The Morgan fingerprint density at radius 2 is 1.90 bits per heavy atom. The van der Waals surface area contributed by atoms with Gasteiger partial charge in [0.2, 0.25) is 5.91 Å². The van der Waals surface area contributed by atoms with Crippen LogP contribution < -0.4 is 0 Å². The van der Waals surface area contributed by atoms with Crippen molar-refractivity contribution in [3.8, 4) is 0 Å². The summed E-state index contributed by atoms with van der Waals surface area (Å²) in [6, 6.07) is 7.94. The summed E-state index contributed by atoms with van der Waals surface area (Å²) in [6.07, 6.45) is 0. The van der Waals surface area contributed by atoms with Crippen LogP contribution in [0, 0.1) is 6.92 Å². The molecule has 0 fully saturated rings. The molecule has 0 aliphatic rings. The molecule has 0 aliphatic heterocycles. The van der Waals surface area contributed by atoms with Gasteiger partial charge in [-0.25, -0.2) is 4.98 Å². The van der Waals surface area contributed by atoms with Crippen LogP contribution in [0.3, 0.4) is 0 Å². The molecule has 0 radical (unpaired) electrons. The Kier molecular flexibility index (Phi) is 4.80. The maximum Gasteiger partial charge on any atom is 0.236 e. The number of hydrogen-bond acceptors (Lipinski definition) is 3. The summed E-state index contributed by atoms with van der Waals surface area (Å²) in [7, 11) is 5.40. The molecule has 112 valence electrons. The highest BCUT2D eigenvalue weighted by molar-refractivity contribution is 6.32. The Morgan fingerprint density at radius 3 is 2.57 bits per heavy atom. The average molecular weight is 306 g/mol. The molecular formula is C16H20ClN3O. The predicted octanol–water partition coefficient (Wildman–Crippen LogP) is 2.72. The molecule has 0 bridgehead atoms. The second-order valence-electron chi connectivity index (χ2n) is 5.48. The van der Waals surface area contributed by atoms with E-state index in [-0.39, 0.29) is 5.91 Å². The van der Waals surface area contributed by atoms with Crippen molar-refractivity contribution < 1.29 is 4.79 Å². The molecule has 0 spiro atoms. The van der Waals surface area contributed by atoms with E-state index < -0.39 is 0 Å². The average Bonchev–Trinajstić information content (AvgIpc) is 2.44. The van der Waals surface area contributed by atoms with E-state index >= 15 is 0 Å². The molecule has 1 heterocycles. The van der Waals surface area contributed by atoms with E-state index in [1.165, 1.54) is 0 Å². The SMILES string of the molecule is Cc1c(Cl)c(CN(C)CC(=O)N(C)C)nc2ccccc12. The first-order valence-electron chi connectivity index (χ1n) is 6.82. The monoisotopic (exact) mass is 305 g/mol. The molecule has 0 saturated heterocycles. The van der Waals surface area contributed by atoms with Gasteiger partial charge in [-0.3, -0.25) is 9.69 Å². The van der Waals surface area contributed by atoms with E-state index in [0.29, 0.717) is 18.1 Å². The smallest absolute Gasteiger partial charge is 0.236 e. The van der Waals surface area contributed by atoms with Crippen molar-refractivity contribution in [3.05, 3.63) is 40.5 Å². The number of halogens is 1. The lowest BCUT2D eigenvalue weighted by molar-refractivity contribution is -0.129. The molecule has 1 aromatic heterocycles. The normalized spacial score (nSPS) is 11.1. The first-order chi connectivity index (χ1) is 9.90. The lowest BCUT2D eigenvalue weighted by Crippen LogP contribution is -2.34. The number of para-hydroxylation sites is 1. The van der Waals surface area contributed by atoms with Crippen LogP contribution in [0.1, 0.15) is 11.3 Å². The zero-order valence-electron chi connectivity index (χ0n) is 12.9. The van der Waals surface area contributed by atoms with Gasteiger partial charge in [0.25, 0.3) is 0 Å². The zero-order chi connectivity index (χ0) is 15.6. The van der Waals surface area contributed by atoms with E-state index in [1.54, 1.807) is 19.0 Å². The van der Waals surface area contributed by atoms with Gasteiger partial charge in [-0.1, -0.05) is 29.8 Å². The quantitative estimate of drug-likeness (QED) is 0.871. The second kappa shape index (κ2) is 6.41. The van der Waals surface area contributed by atoms with Gasteiger partial charge in [-0.15, -0.1) is 0 Å². The van der Waals surface area contributed by atoms with E-state index in [4.69, 9.17) is 11.6 Å². The van der Waals surface area contributed by atoms with Gasteiger partial charge in [-0.2, -0.15) is 0 Å². The Hall–Kier alpha value is -1.65. The summed E-state index contributed by atoms with van der Waals surface area (Å²) >= 11 is 6.43. The topological polar surface area (TPSA) is 36.4 Å². The van der Waals surface area contributed by atoms with Crippen molar-refractivity contribution in [2.24, 2.45) is 0 Å². The Balaban J connectivity index is 2.26. The number of benzene rings is 1. The van der Waals surface area contributed by atoms with Gasteiger partial charge < -0.3 is 4.90 Å². The number of likely N-dealkylation sites (N-methyl/N-ethyl adjacent to an activating group) is 2. The highest BCUT2D eigenvalue weighted by Gasteiger charge is 2.14. The lowest BCUT2D eigenvalue weighted by atomic mass is 10.1. The van der Waals surface area contributed by atoms with Crippen LogP contribution in [0.2, 0.25) is 5.02 Å². The minimum absolute atomic E-state index is 0.0612. The van der Waals surface area contributed by atoms with Crippen LogP contribution >= 0.6 is 11.6 Å².